The molecule has 3 heterocycles. The van der Waals surface area contributed by atoms with Crippen LogP contribution in [0.1, 0.15) is 28.2 Å². The molecule has 1 aromatic heterocycles. The highest BCUT2D eigenvalue weighted by Crippen LogP contribution is 2.24. The Kier molecular flexibility index (Phi) is 5.64. The number of sulfonamides is 1. The van der Waals surface area contributed by atoms with Gasteiger partial charge in [0.2, 0.25) is 10.0 Å². The molecule has 0 spiro atoms. The normalized spacial score (nSPS) is 22.0. The molecule has 1 aromatic carbocycles. The molecular formula is C19H25N5O5S2. The molecule has 168 valence electrons. The number of nitrogens with zero attached hydrogens (tertiary/aromatic N) is 5. The molecule has 1 unspecified atom stereocenters. The molecule has 2 aliphatic rings. The van der Waals surface area contributed by atoms with Crippen LogP contribution in [0.3, 0.4) is 0 Å². The molecule has 0 bridgehead atoms. The lowest BCUT2D eigenvalue weighted by Crippen LogP contribution is -2.52. The van der Waals surface area contributed by atoms with Crippen LogP contribution in [0.15, 0.2) is 24.3 Å². The van der Waals surface area contributed by atoms with Crippen LogP contribution in [0.4, 0.5) is 0 Å². The Labute approximate surface area is 181 Å². The topological polar surface area (TPSA) is 123 Å². The van der Waals surface area contributed by atoms with E-state index in [0.717, 1.165) is 11.3 Å². The maximum absolute atomic E-state index is 13.0. The zero-order chi connectivity index (χ0) is 22.4. The van der Waals surface area contributed by atoms with Gasteiger partial charge in [0.05, 0.1) is 28.1 Å². The summed E-state index contributed by atoms with van der Waals surface area (Å²) in [5.74, 6) is -0.711. The van der Waals surface area contributed by atoms with Gasteiger partial charge in [-0.25, -0.2) is 21.5 Å². The second kappa shape index (κ2) is 7.99. The van der Waals surface area contributed by atoms with E-state index in [1.54, 1.807) is 16.5 Å². The number of benzene rings is 1. The Balaban J connectivity index is 1.44. The number of piperazine rings is 1. The molecule has 1 amide bonds. The molecular weight excluding hydrogens is 442 g/mol. The summed E-state index contributed by atoms with van der Waals surface area (Å²) in [6, 6.07) is 7.70. The average Bonchev–Trinajstić information content (AvgIpc) is 3.30. The van der Waals surface area contributed by atoms with Crippen LogP contribution in [0.2, 0.25) is 0 Å². The highest BCUT2D eigenvalue weighted by atomic mass is 32.2. The number of carbonyl (C=O) groups is 1. The number of amides is 1. The number of aromatic nitrogens is 3. The van der Waals surface area contributed by atoms with E-state index in [2.05, 4.69) is 10.3 Å². The Bertz CT molecular complexity index is 1200. The summed E-state index contributed by atoms with van der Waals surface area (Å²) in [5, 5.41) is 7.28. The first-order valence-electron chi connectivity index (χ1n) is 10.1. The summed E-state index contributed by atoms with van der Waals surface area (Å²) in [4.78, 5) is 14.5. The highest BCUT2D eigenvalue weighted by Gasteiger charge is 2.41. The standard InChI is InChI=1S/C19H25N5O5S2/c1-14-3-5-16(6-4-14)24-15(2)18(20-21-24)19(25)22-8-10-23(11-9-22)31(28,29)17-7-12-30(26,27)13-17/h3-6,17H,7-13H2,1-2H3. The Morgan fingerprint density at radius 1 is 1.06 bits per heavy atom. The highest BCUT2D eigenvalue weighted by molar-refractivity contribution is 7.95. The van der Waals surface area contributed by atoms with E-state index in [4.69, 9.17) is 0 Å². The van der Waals surface area contributed by atoms with Gasteiger partial charge in [0.15, 0.2) is 15.5 Å². The number of carbonyl (C=O) groups excluding carboxylic acids is 1. The fourth-order valence-corrected chi connectivity index (χ4v) is 8.47. The van der Waals surface area contributed by atoms with Crippen LogP contribution in [0, 0.1) is 13.8 Å². The van der Waals surface area contributed by atoms with Gasteiger partial charge in [-0.1, -0.05) is 22.9 Å². The van der Waals surface area contributed by atoms with E-state index in [1.165, 1.54) is 4.31 Å². The average molecular weight is 468 g/mol. The third kappa shape index (κ3) is 4.23. The van der Waals surface area contributed by atoms with Crippen LogP contribution in [0.25, 0.3) is 5.69 Å². The molecule has 2 saturated heterocycles. The number of rotatable bonds is 4. The molecule has 12 heteroatoms. The maximum atomic E-state index is 13.0. The quantitative estimate of drug-likeness (QED) is 0.628. The predicted molar refractivity (Wildman–Crippen MR) is 114 cm³/mol. The molecule has 0 radical (unpaired) electrons. The minimum atomic E-state index is -3.71. The minimum absolute atomic E-state index is 0.0920. The number of sulfone groups is 1. The summed E-state index contributed by atoms with van der Waals surface area (Å²) in [6.45, 7) is 4.46. The van der Waals surface area contributed by atoms with E-state index < -0.39 is 25.1 Å². The third-order valence-electron chi connectivity index (χ3n) is 5.87. The number of hydrogen-bond donors (Lipinski definition) is 0. The van der Waals surface area contributed by atoms with Crippen molar-refractivity contribution in [2.75, 3.05) is 37.7 Å². The van der Waals surface area contributed by atoms with Crippen molar-refractivity contribution >= 4 is 25.8 Å². The first-order valence-corrected chi connectivity index (χ1v) is 13.4. The van der Waals surface area contributed by atoms with Crippen molar-refractivity contribution in [2.45, 2.75) is 25.5 Å². The molecule has 2 aliphatic heterocycles. The molecule has 0 N–H and O–H groups in total. The Hall–Kier alpha value is -2.31. The molecule has 31 heavy (non-hydrogen) atoms. The zero-order valence-electron chi connectivity index (χ0n) is 17.4. The first kappa shape index (κ1) is 21.9. The Morgan fingerprint density at radius 3 is 2.29 bits per heavy atom. The smallest absolute Gasteiger partial charge is 0.276 e. The summed E-state index contributed by atoms with van der Waals surface area (Å²) >= 11 is 0. The van der Waals surface area contributed by atoms with Crippen molar-refractivity contribution in [1.29, 1.82) is 0 Å². The van der Waals surface area contributed by atoms with Gasteiger partial charge in [-0.05, 0) is 32.4 Å². The van der Waals surface area contributed by atoms with E-state index in [0.29, 0.717) is 5.69 Å². The van der Waals surface area contributed by atoms with Gasteiger partial charge < -0.3 is 4.90 Å². The third-order valence-corrected chi connectivity index (χ3v) is 10.2. The van der Waals surface area contributed by atoms with Crippen LogP contribution in [0.5, 0.6) is 0 Å². The summed E-state index contributed by atoms with van der Waals surface area (Å²) in [5.41, 5.74) is 2.76. The van der Waals surface area contributed by atoms with Crippen LogP contribution in [-0.2, 0) is 19.9 Å². The predicted octanol–water partition coefficient (Wildman–Crippen LogP) is 0.159. The van der Waals surface area contributed by atoms with E-state index >= 15 is 0 Å². The SMILES string of the molecule is Cc1ccc(-n2nnc(C(=O)N3CCN(S(=O)(=O)C4CCS(=O)(=O)C4)CC3)c2C)cc1. The zero-order valence-corrected chi connectivity index (χ0v) is 19.1. The van der Waals surface area contributed by atoms with Crippen molar-refractivity contribution in [1.82, 2.24) is 24.2 Å². The largest absolute Gasteiger partial charge is 0.335 e. The fraction of sp³-hybridized carbons (Fsp3) is 0.526. The lowest BCUT2D eigenvalue weighted by molar-refractivity contribution is 0.0690. The van der Waals surface area contributed by atoms with Crippen LogP contribution < -0.4 is 0 Å². The van der Waals surface area contributed by atoms with Gasteiger partial charge in [0, 0.05) is 26.2 Å². The van der Waals surface area contributed by atoms with E-state index in [-0.39, 0.29) is 55.7 Å². The van der Waals surface area contributed by atoms with Crippen LogP contribution in [-0.4, -0.2) is 89.9 Å². The van der Waals surface area contributed by atoms with Gasteiger partial charge >= 0.3 is 0 Å². The molecule has 0 saturated carbocycles. The van der Waals surface area contributed by atoms with E-state index in [9.17, 15) is 21.6 Å². The Morgan fingerprint density at radius 2 is 1.71 bits per heavy atom. The molecule has 2 aromatic rings. The van der Waals surface area contributed by atoms with Crippen molar-refractivity contribution < 1.29 is 21.6 Å². The first-order chi connectivity index (χ1) is 14.6. The number of hydrogen-bond acceptors (Lipinski definition) is 7. The number of aryl methyl sites for hydroxylation is 1. The van der Waals surface area contributed by atoms with Crippen molar-refractivity contribution in [3.63, 3.8) is 0 Å². The van der Waals surface area contributed by atoms with Gasteiger partial charge in [0.25, 0.3) is 5.91 Å². The van der Waals surface area contributed by atoms with Crippen LogP contribution >= 0.6 is 0 Å². The molecule has 2 fully saturated rings. The molecule has 4 rings (SSSR count). The van der Waals surface area contributed by atoms with E-state index in [1.807, 2.05) is 31.2 Å². The summed E-state index contributed by atoms with van der Waals surface area (Å²) in [7, 11) is -7.00. The van der Waals surface area contributed by atoms with Crippen molar-refractivity contribution in [2.24, 2.45) is 0 Å². The molecule has 1 atom stereocenters. The monoisotopic (exact) mass is 467 g/mol. The maximum Gasteiger partial charge on any atom is 0.276 e. The fourth-order valence-electron chi connectivity index (χ4n) is 3.96. The molecule has 10 nitrogen and oxygen atoms in total. The minimum Gasteiger partial charge on any atom is -0.335 e. The van der Waals surface area contributed by atoms with Gasteiger partial charge in [-0.15, -0.1) is 5.10 Å². The van der Waals surface area contributed by atoms with Crippen molar-refractivity contribution in [3.05, 3.63) is 41.2 Å². The lowest BCUT2D eigenvalue weighted by atomic mass is 10.2. The second-order valence-electron chi connectivity index (χ2n) is 8.03. The lowest BCUT2D eigenvalue weighted by Gasteiger charge is -2.34. The summed E-state index contributed by atoms with van der Waals surface area (Å²) in [6.07, 6.45) is 0.130. The molecule has 0 aliphatic carbocycles. The second-order valence-corrected chi connectivity index (χ2v) is 12.5. The van der Waals surface area contributed by atoms with Gasteiger partial charge in [0.1, 0.15) is 0 Å². The van der Waals surface area contributed by atoms with Gasteiger partial charge in [-0.2, -0.15) is 4.31 Å². The summed E-state index contributed by atoms with van der Waals surface area (Å²) < 4.78 is 51.8. The van der Waals surface area contributed by atoms with Crippen molar-refractivity contribution in [3.8, 4) is 5.69 Å². The van der Waals surface area contributed by atoms with Gasteiger partial charge in [-0.3, -0.25) is 4.79 Å².